The number of aliphatic imine (C=N–C) groups is 1. The van der Waals surface area contributed by atoms with Gasteiger partial charge in [0.2, 0.25) is 11.8 Å². The van der Waals surface area contributed by atoms with Gasteiger partial charge in [-0.15, -0.1) is 0 Å². The minimum Gasteiger partial charge on any atom is -0.495 e. The molecule has 154 valence electrons. The van der Waals surface area contributed by atoms with Crippen molar-refractivity contribution in [3.05, 3.63) is 24.3 Å². The molecule has 5 fully saturated rings. The Labute approximate surface area is 175 Å². The zero-order chi connectivity index (χ0) is 20.0. The molecule has 6 nitrogen and oxygen atoms in total. The normalized spacial score (nSPS) is 36.3. The number of ether oxygens (including phenoxy) is 1. The number of carbonyl (C=O) groups is 2. The van der Waals surface area contributed by atoms with Crippen LogP contribution < -0.4 is 15.4 Å². The van der Waals surface area contributed by atoms with E-state index in [2.05, 4.69) is 10.6 Å². The summed E-state index contributed by atoms with van der Waals surface area (Å²) in [6.07, 6.45) is 7.72. The van der Waals surface area contributed by atoms with E-state index in [1.165, 1.54) is 50.3 Å². The molecule has 2 amide bonds. The molecule has 29 heavy (non-hydrogen) atoms. The van der Waals surface area contributed by atoms with Gasteiger partial charge in [0.1, 0.15) is 11.0 Å². The van der Waals surface area contributed by atoms with E-state index in [1.54, 1.807) is 19.2 Å². The quantitative estimate of drug-likeness (QED) is 0.773. The molecule has 1 atom stereocenters. The molecule has 4 bridgehead atoms. The Bertz CT molecular complexity index is 833. The lowest BCUT2D eigenvalue weighted by atomic mass is 9.53. The van der Waals surface area contributed by atoms with Crippen LogP contribution in [0.1, 0.15) is 44.9 Å². The first-order valence-electron chi connectivity index (χ1n) is 10.5. The number of para-hydroxylation sites is 2. The summed E-state index contributed by atoms with van der Waals surface area (Å²) in [7, 11) is 1.57. The first kappa shape index (κ1) is 19.0. The molecule has 0 radical (unpaired) electrons. The zero-order valence-corrected chi connectivity index (χ0v) is 17.5. The van der Waals surface area contributed by atoms with Gasteiger partial charge < -0.3 is 15.4 Å². The Kier molecular flexibility index (Phi) is 4.81. The predicted octanol–water partition coefficient (Wildman–Crippen LogP) is 3.58. The van der Waals surface area contributed by atoms with Gasteiger partial charge in [0.05, 0.1) is 18.3 Å². The third-order valence-corrected chi connectivity index (χ3v) is 7.95. The molecular formula is C22H27N3O3S. The Morgan fingerprint density at radius 1 is 1.21 bits per heavy atom. The van der Waals surface area contributed by atoms with Crippen LogP contribution in [0.15, 0.2) is 29.3 Å². The van der Waals surface area contributed by atoms with Crippen molar-refractivity contribution < 1.29 is 14.3 Å². The largest absolute Gasteiger partial charge is 0.495 e. The van der Waals surface area contributed by atoms with E-state index < -0.39 is 5.25 Å². The van der Waals surface area contributed by atoms with Crippen molar-refractivity contribution >= 4 is 34.4 Å². The average Bonchev–Trinajstić information content (AvgIpc) is 2.99. The second kappa shape index (κ2) is 7.35. The second-order valence-corrected chi connectivity index (χ2v) is 10.3. The topological polar surface area (TPSA) is 79.8 Å². The lowest BCUT2D eigenvalue weighted by Gasteiger charge is -2.55. The SMILES string of the molecule is COc1ccccc1NC(=O)CC1SC(=NC23CC4CC(CC(C4)C2)C3)NC1=O. The molecule has 1 saturated heterocycles. The molecule has 0 aromatic heterocycles. The lowest BCUT2D eigenvalue weighted by molar-refractivity contribution is -0.122. The van der Waals surface area contributed by atoms with Crippen LogP contribution in [0.5, 0.6) is 5.75 Å². The van der Waals surface area contributed by atoms with Gasteiger partial charge in [-0.25, -0.2) is 0 Å². The van der Waals surface area contributed by atoms with Crippen molar-refractivity contribution in [1.29, 1.82) is 0 Å². The number of hydrogen-bond acceptors (Lipinski definition) is 5. The van der Waals surface area contributed by atoms with Crippen LogP contribution in [-0.2, 0) is 9.59 Å². The Morgan fingerprint density at radius 2 is 1.86 bits per heavy atom. The molecule has 1 aliphatic heterocycles. The summed E-state index contributed by atoms with van der Waals surface area (Å²) in [5.41, 5.74) is 0.643. The average molecular weight is 414 g/mol. The fourth-order valence-electron chi connectivity index (χ4n) is 6.13. The van der Waals surface area contributed by atoms with Gasteiger partial charge in [0, 0.05) is 6.42 Å². The third-order valence-electron chi connectivity index (χ3n) is 6.87. The molecule has 0 spiro atoms. The number of amidine groups is 1. The summed E-state index contributed by atoms with van der Waals surface area (Å²) in [5.74, 6) is 2.74. The van der Waals surface area contributed by atoms with E-state index in [4.69, 9.17) is 9.73 Å². The number of thioether (sulfide) groups is 1. The Balaban J connectivity index is 1.24. The maximum Gasteiger partial charge on any atom is 0.240 e. The van der Waals surface area contributed by atoms with Crippen LogP contribution in [0.25, 0.3) is 0 Å². The van der Waals surface area contributed by atoms with Crippen molar-refractivity contribution in [2.75, 3.05) is 12.4 Å². The molecule has 2 N–H and O–H groups in total. The summed E-state index contributed by atoms with van der Waals surface area (Å²) < 4.78 is 5.27. The van der Waals surface area contributed by atoms with Gasteiger partial charge >= 0.3 is 0 Å². The van der Waals surface area contributed by atoms with Gasteiger partial charge in [0.15, 0.2) is 5.17 Å². The smallest absolute Gasteiger partial charge is 0.240 e. The second-order valence-electron chi connectivity index (χ2n) is 9.11. The highest BCUT2D eigenvalue weighted by Gasteiger charge is 2.51. The molecule has 4 aliphatic carbocycles. The highest BCUT2D eigenvalue weighted by molar-refractivity contribution is 8.15. The number of amides is 2. The molecule has 4 saturated carbocycles. The van der Waals surface area contributed by atoms with E-state index in [9.17, 15) is 9.59 Å². The lowest BCUT2D eigenvalue weighted by Crippen LogP contribution is -2.50. The number of nitrogens with zero attached hydrogens (tertiary/aromatic N) is 1. The van der Waals surface area contributed by atoms with Gasteiger partial charge in [-0.2, -0.15) is 0 Å². The van der Waals surface area contributed by atoms with E-state index in [-0.39, 0.29) is 23.8 Å². The Hall–Kier alpha value is -2.02. The van der Waals surface area contributed by atoms with Crippen molar-refractivity contribution in [2.45, 2.75) is 55.7 Å². The molecule has 1 aromatic rings. The molecule has 6 rings (SSSR count). The highest BCUT2D eigenvalue weighted by Crippen LogP contribution is 2.57. The standard InChI is InChI=1S/C22H27N3O3S/c1-28-17-5-3-2-4-16(17)23-19(26)9-18-20(27)24-21(29-18)25-22-10-13-6-14(11-22)8-15(7-13)12-22/h2-5,13-15,18H,6-12H2,1H3,(H,23,26)(H,24,25,27). The number of carbonyl (C=O) groups excluding carboxylic acids is 2. The van der Waals surface area contributed by atoms with E-state index >= 15 is 0 Å². The maximum absolute atomic E-state index is 12.5. The number of benzene rings is 1. The summed E-state index contributed by atoms with van der Waals surface area (Å²) >= 11 is 1.41. The number of methoxy groups -OCH3 is 1. The first-order valence-corrected chi connectivity index (χ1v) is 11.4. The molecule has 1 aromatic carbocycles. The van der Waals surface area contributed by atoms with Crippen molar-refractivity contribution in [3.8, 4) is 5.75 Å². The van der Waals surface area contributed by atoms with Crippen molar-refractivity contribution in [1.82, 2.24) is 5.32 Å². The zero-order valence-electron chi connectivity index (χ0n) is 16.6. The fourth-order valence-corrected chi connectivity index (χ4v) is 7.20. The minimum atomic E-state index is -0.433. The number of anilines is 1. The summed E-state index contributed by atoms with van der Waals surface area (Å²) in [6.45, 7) is 0. The van der Waals surface area contributed by atoms with E-state index in [0.29, 0.717) is 16.6 Å². The molecule has 1 heterocycles. The van der Waals surface area contributed by atoms with Gasteiger partial charge in [-0.3, -0.25) is 14.6 Å². The highest BCUT2D eigenvalue weighted by atomic mass is 32.2. The summed E-state index contributed by atoms with van der Waals surface area (Å²) in [6, 6.07) is 7.27. The Morgan fingerprint density at radius 3 is 2.52 bits per heavy atom. The molecule has 1 unspecified atom stereocenters. The number of rotatable bonds is 5. The van der Waals surface area contributed by atoms with Crippen LogP contribution in [0.3, 0.4) is 0 Å². The first-order chi connectivity index (χ1) is 14.0. The van der Waals surface area contributed by atoms with E-state index in [0.717, 1.165) is 17.8 Å². The molecular weight excluding hydrogens is 386 g/mol. The van der Waals surface area contributed by atoms with Crippen LogP contribution in [0.2, 0.25) is 0 Å². The van der Waals surface area contributed by atoms with Crippen molar-refractivity contribution in [2.24, 2.45) is 22.7 Å². The third kappa shape index (κ3) is 3.77. The van der Waals surface area contributed by atoms with Gasteiger partial charge in [-0.05, 0) is 68.4 Å². The van der Waals surface area contributed by atoms with Crippen LogP contribution in [0.4, 0.5) is 5.69 Å². The summed E-state index contributed by atoms with van der Waals surface area (Å²) in [4.78, 5) is 30.0. The molecule has 5 aliphatic rings. The predicted molar refractivity (Wildman–Crippen MR) is 114 cm³/mol. The van der Waals surface area contributed by atoms with Crippen LogP contribution in [0, 0.1) is 17.8 Å². The monoisotopic (exact) mass is 413 g/mol. The van der Waals surface area contributed by atoms with Crippen LogP contribution >= 0.6 is 11.8 Å². The minimum absolute atomic E-state index is 0.0267. The fraction of sp³-hybridized carbons (Fsp3) is 0.591. The van der Waals surface area contributed by atoms with E-state index in [1.807, 2.05) is 12.1 Å². The summed E-state index contributed by atoms with van der Waals surface area (Å²) in [5, 5.41) is 6.08. The van der Waals surface area contributed by atoms with Gasteiger partial charge in [-0.1, -0.05) is 23.9 Å². The maximum atomic E-state index is 12.5. The van der Waals surface area contributed by atoms with Crippen molar-refractivity contribution in [3.63, 3.8) is 0 Å². The van der Waals surface area contributed by atoms with Gasteiger partial charge in [0.25, 0.3) is 0 Å². The molecule has 7 heteroatoms. The van der Waals surface area contributed by atoms with Crippen LogP contribution in [-0.4, -0.2) is 34.9 Å². The number of hydrogen-bond donors (Lipinski definition) is 2. The number of nitrogens with one attached hydrogen (secondary N) is 2.